The molecule has 118 valence electrons. The summed E-state index contributed by atoms with van der Waals surface area (Å²) in [5.74, 6) is 0.988. The Kier molecular flexibility index (Phi) is 3.64. The van der Waals surface area contributed by atoms with Crippen LogP contribution >= 0.6 is 15.9 Å². The lowest BCUT2D eigenvalue weighted by atomic mass is 9.96. The maximum atomic E-state index is 6.15. The van der Waals surface area contributed by atoms with Gasteiger partial charge in [-0.1, -0.05) is 52.7 Å². The van der Waals surface area contributed by atoms with Gasteiger partial charge in [0.2, 0.25) is 0 Å². The second kappa shape index (κ2) is 5.68. The van der Waals surface area contributed by atoms with Gasteiger partial charge in [0.1, 0.15) is 5.75 Å². The quantitative estimate of drug-likeness (QED) is 0.739. The fourth-order valence-corrected chi connectivity index (χ4v) is 3.70. The van der Waals surface area contributed by atoms with Gasteiger partial charge in [0.05, 0.1) is 11.8 Å². The van der Waals surface area contributed by atoms with Crippen LogP contribution in [0.4, 0.5) is 0 Å². The van der Waals surface area contributed by atoms with E-state index in [1.54, 1.807) is 0 Å². The molecule has 0 saturated heterocycles. The molecule has 0 radical (unpaired) electrons. The molecule has 0 aliphatic carbocycles. The highest BCUT2D eigenvalue weighted by Gasteiger charge is 2.39. The molecule has 4 heteroatoms. The maximum Gasteiger partial charge on any atom is 0.187 e. The zero-order chi connectivity index (χ0) is 16.0. The molecule has 0 spiro atoms. The highest BCUT2D eigenvalue weighted by molar-refractivity contribution is 9.10. The minimum Gasteiger partial charge on any atom is -0.469 e. The predicted octanol–water partition coefficient (Wildman–Crippen LogP) is 5.04. The number of nitrogens with zero attached hydrogens (tertiary/aromatic N) is 2. The third-order valence-electron chi connectivity index (χ3n) is 4.57. The van der Waals surface area contributed by atoms with Crippen LogP contribution in [0.1, 0.15) is 42.5 Å². The Bertz CT molecular complexity index is 769. The monoisotopic (exact) mass is 370 g/mol. The van der Waals surface area contributed by atoms with Crippen LogP contribution in [0, 0.1) is 6.92 Å². The standard InChI is InChI=1S/C19H19BrN2O/c1-3-19-22-17(15-10-14(20)8-9-18(15)23-19)11-16(21-22)13-6-4-12(2)5-7-13/h4-10,17,19H,3,11H2,1-2H3/t17-,19+/m1/s1. The Balaban J connectivity index is 1.73. The summed E-state index contributed by atoms with van der Waals surface area (Å²) < 4.78 is 7.23. The molecule has 23 heavy (non-hydrogen) atoms. The number of hydrazone groups is 1. The second-order valence-corrected chi connectivity index (χ2v) is 7.09. The molecule has 2 aliphatic heterocycles. The van der Waals surface area contributed by atoms with E-state index in [1.165, 1.54) is 16.7 Å². The summed E-state index contributed by atoms with van der Waals surface area (Å²) in [6, 6.07) is 15.1. The van der Waals surface area contributed by atoms with E-state index in [9.17, 15) is 0 Å². The molecular weight excluding hydrogens is 352 g/mol. The van der Waals surface area contributed by atoms with Gasteiger partial charge in [-0.25, -0.2) is 0 Å². The zero-order valence-electron chi connectivity index (χ0n) is 13.3. The number of hydrogen-bond acceptors (Lipinski definition) is 3. The molecule has 2 atom stereocenters. The number of halogens is 1. The van der Waals surface area contributed by atoms with Gasteiger partial charge < -0.3 is 4.74 Å². The molecule has 0 unspecified atom stereocenters. The van der Waals surface area contributed by atoms with Crippen LogP contribution in [0.3, 0.4) is 0 Å². The van der Waals surface area contributed by atoms with E-state index in [-0.39, 0.29) is 12.3 Å². The van der Waals surface area contributed by atoms with E-state index in [0.717, 1.165) is 28.8 Å². The molecule has 0 bridgehead atoms. The van der Waals surface area contributed by atoms with Crippen molar-refractivity contribution in [1.29, 1.82) is 0 Å². The van der Waals surface area contributed by atoms with E-state index in [1.807, 2.05) is 6.07 Å². The smallest absolute Gasteiger partial charge is 0.187 e. The normalized spacial score (nSPS) is 22.2. The average Bonchev–Trinajstić information content (AvgIpc) is 3.00. The van der Waals surface area contributed by atoms with Crippen LogP contribution in [-0.4, -0.2) is 16.9 Å². The topological polar surface area (TPSA) is 24.8 Å². The summed E-state index contributed by atoms with van der Waals surface area (Å²) in [7, 11) is 0. The van der Waals surface area contributed by atoms with Crippen LogP contribution in [0.25, 0.3) is 0 Å². The van der Waals surface area contributed by atoms with Crippen molar-refractivity contribution in [2.45, 2.75) is 39.0 Å². The summed E-state index contributed by atoms with van der Waals surface area (Å²) >= 11 is 3.58. The number of ether oxygens (including phenoxy) is 1. The lowest BCUT2D eigenvalue weighted by Gasteiger charge is -2.37. The summed E-state index contributed by atoms with van der Waals surface area (Å²) in [6.45, 7) is 4.25. The fraction of sp³-hybridized carbons (Fsp3) is 0.316. The molecule has 0 aromatic heterocycles. The Morgan fingerprint density at radius 3 is 2.74 bits per heavy atom. The van der Waals surface area contributed by atoms with Gasteiger partial charge in [0.15, 0.2) is 6.23 Å². The molecular formula is C19H19BrN2O. The van der Waals surface area contributed by atoms with Gasteiger partial charge in [-0.15, -0.1) is 0 Å². The van der Waals surface area contributed by atoms with Crippen molar-refractivity contribution in [3.8, 4) is 5.75 Å². The van der Waals surface area contributed by atoms with E-state index in [4.69, 9.17) is 9.84 Å². The molecule has 2 aromatic rings. The Labute approximate surface area is 145 Å². The SMILES string of the molecule is CC[C@@H]1Oc2ccc(Br)cc2[C@H]2CC(c3ccc(C)cc3)=NN12. The summed E-state index contributed by atoms with van der Waals surface area (Å²) in [5.41, 5.74) is 4.84. The minimum absolute atomic E-state index is 0.0108. The Hall–Kier alpha value is -1.81. The van der Waals surface area contributed by atoms with Crippen molar-refractivity contribution in [2.75, 3.05) is 0 Å². The minimum atomic E-state index is 0.0108. The van der Waals surface area contributed by atoms with Gasteiger partial charge in [0.25, 0.3) is 0 Å². The lowest BCUT2D eigenvalue weighted by molar-refractivity contribution is -0.0188. The number of rotatable bonds is 2. The molecule has 0 saturated carbocycles. The molecule has 0 amide bonds. The molecule has 2 aliphatic rings. The van der Waals surface area contributed by atoms with Gasteiger partial charge >= 0.3 is 0 Å². The van der Waals surface area contributed by atoms with Crippen molar-refractivity contribution >= 4 is 21.6 Å². The first-order valence-electron chi connectivity index (χ1n) is 8.04. The average molecular weight is 371 g/mol. The third kappa shape index (κ3) is 2.55. The molecule has 3 nitrogen and oxygen atoms in total. The van der Waals surface area contributed by atoms with E-state index < -0.39 is 0 Å². The van der Waals surface area contributed by atoms with Crippen molar-refractivity contribution in [2.24, 2.45) is 5.10 Å². The molecule has 0 N–H and O–H groups in total. The Morgan fingerprint density at radius 1 is 1.22 bits per heavy atom. The van der Waals surface area contributed by atoms with Crippen molar-refractivity contribution < 1.29 is 4.74 Å². The van der Waals surface area contributed by atoms with Crippen molar-refractivity contribution in [3.05, 3.63) is 63.6 Å². The van der Waals surface area contributed by atoms with Gasteiger partial charge in [-0.3, -0.25) is 5.01 Å². The molecule has 0 fully saturated rings. The number of fused-ring (bicyclic) bond motifs is 3. The number of benzene rings is 2. The van der Waals surface area contributed by atoms with Crippen LogP contribution in [0.15, 0.2) is 52.0 Å². The number of aryl methyl sites for hydroxylation is 1. The lowest BCUT2D eigenvalue weighted by Crippen LogP contribution is -2.39. The van der Waals surface area contributed by atoms with E-state index in [0.29, 0.717) is 0 Å². The van der Waals surface area contributed by atoms with Crippen molar-refractivity contribution in [1.82, 2.24) is 5.01 Å². The van der Waals surface area contributed by atoms with E-state index in [2.05, 4.69) is 71.2 Å². The van der Waals surface area contributed by atoms with Gasteiger partial charge in [-0.2, -0.15) is 5.10 Å². The third-order valence-corrected chi connectivity index (χ3v) is 5.06. The fourth-order valence-electron chi connectivity index (χ4n) is 3.32. The second-order valence-electron chi connectivity index (χ2n) is 6.18. The molecule has 4 rings (SSSR count). The highest BCUT2D eigenvalue weighted by Crippen LogP contribution is 2.44. The van der Waals surface area contributed by atoms with Gasteiger partial charge in [-0.05, 0) is 30.7 Å². The summed E-state index contributed by atoms with van der Waals surface area (Å²) in [5, 5.41) is 7.04. The highest BCUT2D eigenvalue weighted by atomic mass is 79.9. The van der Waals surface area contributed by atoms with Gasteiger partial charge in [0, 0.05) is 22.9 Å². The van der Waals surface area contributed by atoms with Crippen LogP contribution in [0.5, 0.6) is 5.75 Å². The first-order valence-corrected chi connectivity index (χ1v) is 8.84. The summed E-state index contributed by atoms with van der Waals surface area (Å²) in [4.78, 5) is 0. The number of hydrogen-bond donors (Lipinski definition) is 0. The largest absolute Gasteiger partial charge is 0.469 e. The first kappa shape index (κ1) is 14.8. The van der Waals surface area contributed by atoms with E-state index >= 15 is 0 Å². The van der Waals surface area contributed by atoms with Crippen LogP contribution in [-0.2, 0) is 0 Å². The predicted molar refractivity (Wildman–Crippen MR) is 95.8 cm³/mol. The zero-order valence-corrected chi connectivity index (χ0v) is 14.9. The summed E-state index contributed by atoms with van der Waals surface area (Å²) in [6.07, 6.45) is 1.85. The molecule has 2 heterocycles. The Morgan fingerprint density at radius 2 is 2.00 bits per heavy atom. The van der Waals surface area contributed by atoms with Crippen LogP contribution in [0.2, 0.25) is 0 Å². The maximum absolute atomic E-state index is 6.15. The first-order chi connectivity index (χ1) is 11.2. The van der Waals surface area contributed by atoms with Crippen LogP contribution < -0.4 is 4.74 Å². The van der Waals surface area contributed by atoms with Crippen molar-refractivity contribution in [3.63, 3.8) is 0 Å². The molecule has 2 aromatic carbocycles.